The molecule has 0 aliphatic heterocycles. The molecule has 0 spiro atoms. The summed E-state index contributed by atoms with van der Waals surface area (Å²) in [6.45, 7) is 5.50. The van der Waals surface area contributed by atoms with Gasteiger partial charge in [0, 0.05) is 29.6 Å². The molecule has 0 fully saturated rings. The van der Waals surface area contributed by atoms with E-state index >= 15 is 0 Å². The molecule has 5 heavy (non-hydrogen) atoms. The van der Waals surface area contributed by atoms with E-state index in [2.05, 4.69) is 6.92 Å². The van der Waals surface area contributed by atoms with Crippen molar-refractivity contribution in [1.29, 1.82) is 0 Å². The van der Waals surface area contributed by atoms with Crippen molar-refractivity contribution in [1.82, 2.24) is 0 Å². The maximum absolute atomic E-state index is 3.49. The summed E-state index contributed by atoms with van der Waals surface area (Å²) < 4.78 is 0. The Labute approximate surface area is 78.3 Å². The number of hydrogen-bond acceptors (Lipinski definition) is 0. The van der Waals surface area contributed by atoms with Crippen molar-refractivity contribution in [3.05, 3.63) is 6.92 Å². The van der Waals surface area contributed by atoms with Crippen LogP contribution < -0.4 is 29.6 Å². The second-order valence-electron chi connectivity index (χ2n) is 0.500. The van der Waals surface area contributed by atoms with E-state index in [-0.39, 0.29) is 59.1 Å². The average molecular weight is 89.1 g/mol. The summed E-state index contributed by atoms with van der Waals surface area (Å²) >= 11 is 0. The van der Waals surface area contributed by atoms with E-state index in [1.807, 2.05) is 6.92 Å². The van der Waals surface area contributed by atoms with E-state index in [9.17, 15) is 0 Å². The topological polar surface area (TPSA) is 0 Å². The van der Waals surface area contributed by atoms with Crippen LogP contribution in [0.5, 0.6) is 0 Å². The van der Waals surface area contributed by atoms with Crippen molar-refractivity contribution >= 4 is 29.6 Å². The van der Waals surface area contributed by atoms with E-state index in [1.165, 1.54) is 0 Å². The van der Waals surface area contributed by atoms with Gasteiger partial charge in [-0.05, 0) is 0 Å². The van der Waals surface area contributed by atoms with Gasteiger partial charge in [-0.15, -0.1) is 0 Å². The Kier molecular flexibility index (Phi) is 52.5. The first kappa shape index (κ1) is 15.8. The molecule has 0 aromatic heterocycles. The van der Waals surface area contributed by atoms with Gasteiger partial charge in [0.15, 0.2) is 0 Å². The third-order valence-electron chi connectivity index (χ3n) is 0. The Hall–Kier alpha value is 2.00. The Balaban J connectivity index is -0.0000000200. The van der Waals surface area contributed by atoms with Gasteiger partial charge in [-0.25, -0.2) is 0 Å². The second kappa shape index (κ2) is 16.7. The predicted molar refractivity (Wildman–Crippen MR) is 21.4 cm³/mol. The summed E-state index contributed by atoms with van der Waals surface area (Å²) in [5, 5.41) is 0. The van der Waals surface area contributed by atoms with Crippen LogP contribution in [-0.2, 0) is 0 Å². The molecule has 0 aromatic carbocycles. The van der Waals surface area contributed by atoms with Crippen LogP contribution in [0.15, 0.2) is 0 Å². The molecule has 0 N–H and O–H groups in total. The fraction of sp³-hybridized carbons (Fsp3) is 0.667. The van der Waals surface area contributed by atoms with Crippen LogP contribution >= 0.6 is 0 Å². The smallest absolute Gasteiger partial charge is 0.344 e. The van der Waals surface area contributed by atoms with E-state index in [4.69, 9.17) is 0 Å². The van der Waals surface area contributed by atoms with Gasteiger partial charge in [-0.3, -0.25) is 0 Å². The van der Waals surface area contributed by atoms with Gasteiger partial charge in [-0.1, -0.05) is 6.92 Å². The SMILES string of the molecule is [CH2-]CC.[Na+].[Na]. The average Bonchev–Trinajstić information content (AvgIpc) is 0.918. The molecule has 21 valence electrons. The first-order valence-corrected chi connectivity index (χ1v) is 1.21. The van der Waals surface area contributed by atoms with Gasteiger partial charge in [0.05, 0.1) is 0 Å². The zero-order valence-electron chi connectivity index (χ0n) is 4.41. The van der Waals surface area contributed by atoms with Gasteiger partial charge in [0.2, 0.25) is 0 Å². The number of hydrogen-bond donors (Lipinski definition) is 0. The standard InChI is InChI=1S/C3H7.2Na/c1-3-2;;/h1,3H2,2H3;;/q-1;;+1. The molecule has 0 rings (SSSR count). The van der Waals surface area contributed by atoms with E-state index in [0.717, 1.165) is 6.42 Å². The molecule has 0 heterocycles. The summed E-state index contributed by atoms with van der Waals surface area (Å²) in [4.78, 5) is 0. The minimum atomic E-state index is 0. The first-order valence-electron chi connectivity index (χ1n) is 1.21. The number of rotatable bonds is 0. The monoisotopic (exact) mass is 89.0 g/mol. The summed E-state index contributed by atoms with van der Waals surface area (Å²) in [6.07, 6.45) is 1.00. The maximum Gasteiger partial charge on any atom is 1.00 e. The van der Waals surface area contributed by atoms with E-state index in [1.54, 1.807) is 0 Å². The fourth-order valence-electron chi connectivity index (χ4n) is 0. The van der Waals surface area contributed by atoms with Crippen LogP contribution in [0.3, 0.4) is 0 Å². The minimum absolute atomic E-state index is 0. The van der Waals surface area contributed by atoms with Crippen molar-refractivity contribution in [2.75, 3.05) is 0 Å². The van der Waals surface area contributed by atoms with Crippen molar-refractivity contribution in [2.45, 2.75) is 13.3 Å². The molecule has 1 radical (unpaired) electrons. The molecule has 0 aliphatic rings. The van der Waals surface area contributed by atoms with Gasteiger partial charge in [-0.2, -0.15) is 6.42 Å². The summed E-state index contributed by atoms with van der Waals surface area (Å²) in [5.41, 5.74) is 0. The molecule has 0 atom stereocenters. The van der Waals surface area contributed by atoms with Crippen LogP contribution in [0.2, 0.25) is 0 Å². The quantitative estimate of drug-likeness (QED) is 0.234. The van der Waals surface area contributed by atoms with Crippen molar-refractivity contribution < 1.29 is 29.6 Å². The Morgan fingerprint density at radius 2 is 1.60 bits per heavy atom. The molecule has 0 saturated heterocycles. The zero-order chi connectivity index (χ0) is 2.71. The van der Waals surface area contributed by atoms with E-state index in [0.29, 0.717) is 0 Å². The van der Waals surface area contributed by atoms with Gasteiger partial charge >= 0.3 is 29.6 Å². The normalized spacial score (nSPS) is 3.60. The molecular formula is C3H7Na2. The van der Waals surface area contributed by atoms with Crippen LogP contribution in [0, 0.1) is 6.92 Å². The third kappa shape index (κ3) is 24.0. The molecule has 0 saturated carbocycles. The van der Waals surface area contributed by atoms with Crippen LogP contribution in [-0.4, -0.2) is 29.6 Å². The third-order valence-corrected chi connectivity index (χ3v) is 0. The minimum Gasteiger partial charge on any atom is -0.344 e. The molecule has 0 aromatic rings. The molecule has 0 nitrogen and oxygen atoms in total. The van der Waals surface area contributed by atoms with Gasteiger partial charge in [0.1, 0.15) is 0 Å². The Morgan fingerprint density at radius 1 is 1.60 bits per heavy atom. The van der Waals surface area contributed by atoms with Crippen LogP contribution in [0.25, 0.3) is 0 Å². The summed E-state index contributed by atoms with van der Waals surface area (Å²) in [5.74, 6) is 0. The van der Waals surface area contributed by atoms with E-state index < -0.39 is 0 Å². The predicted octanol–water partition coefficient (Wildman–Crippen LogP) is -2.15. The van der Waals surface area contributed by atoms with Crippen molar-refractivity contribution in [3.63, 3.8) is 0 Å². The van der Waals surface area contributed by atoms with Gasteiger partial charge < -0.3 is 6.92 Å². The maximum atomic E-state index is 3.49. The van der Waals surface area contributed by atoms with Crippen molar-refractivity contribution in [2.24, 2.45) is 0 Å². The first-order chi connectivity index (χ1) is 1.41. The van der Waals surface area contributed by atoms with Crippen molar-refractivity contribution in [3.8, 4) is 0 Å². The Morgan fingerprint density at radius 3 is 1.60 bits per heavy atom. The van der Waals surface area contributed by atoms with Crippen LogP contribution in [0.4, 0.5) is 0 Å². The second-order valence-corrected chi connectivity index (χ2v) is 0.500. The zero-order valence-corrected chi connectivity index (χ0v) is 8.41. The molecule has 0 bridgehead atoms. The summed E-state index contributed by atoms with van der Waals surface area (Å²) in [7, 11) is 0. The molecule has 0 aliphatic carbocycles. The largest absolute Gasteiger partial charge is 1.00 e. The Bertz CT molecular complexity index is 4.85. The van der Waals surface area contributed by atoms with Crippen LogP contribution in [0.1, 0.15) is 13.3 Å². The molecule has 0 unspecified atom stereocenters. The molecular weight excluding hydrogens is 82.0 g/mol. The molecule has 0 amide bonds. The summed E-state index contributed by atoms with van der Waals surface area (Å²) in [6, 6.07) is 0. The fourth-order valence-corrected chi connectivity index (χ4v) is 0. The molecule has 2 heteroatoms. The van der Waals surface area contributed by atoms with Gasteiger partial charge in [0.25, 0.3) is 0 Å².